The monoisotopic (exact) mass is 379 g/mol. The summed E-state index contributed by atoms with van der Waals surface area (Å²) in [7, 11) is 6.02. The largest absolute Gasteiger partial charge is 0.445 e. The standard InChI is InChI=1S/C12H20Cl3NO6/c1-17-5-6-7(18-2)8(19-3)9(20-4)10(21-6)22-11(16)12(13,14)15/h6-10,16H,5H2,1-4H3. The molecule has 5 atom stereocenters. The number of rotatable bonds is 6. The lowest BCUT2D eigenvalue weighted by molar-refractivity contribution is -0.296. The summed E-state index contributed by atoms with van der Waals surface area (Å²) in [6, 6.07) is 0. The normalized spacial score (nSPS) is 32.8. The Morgan fingerprint density at radius 2 is 1.55 bits per heavy atom. The van der Waals surface area contributed by atoms with Crippen LogP contribution in [0.1, 0.15) is 0 Å². The third kappa shape index (κ3) is 4.82. The molecule has 130 valence electrons. The molecule has 10 heteroatoms. The van der Waals surface area contributed by atoms with Crippen LogP contribution in [0.25, 0.3) is 0 Å². The summed E-state index contributed by atoms with van der Waals surface area (Å²) in [5, 5.41) is 7.67. The van der Waals surface area contributed by atoms with Crippen LogP contribution in [0.2, 0.25) is 0 Å². The van der Waals surface area contributed by atoms with Crippen molar-refractivity contribution < 1.29 is 28.4 Å². The van der Waals surface area contributed by atoms with Crippen LogP contribution in [-0.2, 0) is 28.4 Å². The molecule has 0 aromatic rings. The van der Waals surface area contributed by atoms with E-state index in [1.165, 1.54) is 28.4 Å². The second-order valence-corrected chi connectivity index (χ2v) is 6.83. The van der Waals surface area contributed by atoms with Crippen LogP contribution in [0.4, 0.5) is 0 Å². The molecule has 0 aromatic heterocycles. The van der Waals surface area contributed by atoms with Crippen molar-refractivity contribution in [1.29, 1.82) is 5.41 Å². The number of methoxy groups -OCH3 is 4. The zero-order chi connectivity index (χ0) is 16.9. The van der Waals surface area contributed by atoms with Gasteiger partial charge in [0.05, 0.1) is 6.61 Å². The maximum absolute atomic E-state index is 7.67. The van der Waals surface area contributed by atoms with Gasteiger partial charge in [0.25, 0.3) is 3.79 Å². The van der Waals surface area contributed by atoms with E-state index in [2.05, 4.69) is 0 Å². The maximum atomic E-state index is 7.67. The summed E-state index contributed by atoms with van der Waals surface area (Å²) < 4.78 is 30.4. The Labute approximate surface area is 144 Å². The Morgan fingerprint density at radius 1 is 1.00 bits per heavy atom. The van der Waals surface area contributed by atoms with Gasteiger partial charge >= 0.3 is 0 Å². The molecule has 1 aliphatic rings. The van der Waals surface area contributed by atoms with Crippen molar-refractivity contribution in [2.45, 2.75) is 34.5 Å². The van der Waals surface area contributed by atoms with Crippen molar-refractivity contribution >= 4 is 40.7 Å². The second kappa shape index (κ2) is 8.84. The van der Waals surface area contributed by atoms with Gasteiger partial charge in [-0.05, 0) is 0 Å². The Bertz CT molecular complexity index is 367. The van der Waals surface area contributed by atoms with E-state index in [0.29, 0.717) is 0 Å². The number of hydrogen-bond acceptors (Lipinski definition) is 7. The lowest BCUT2D eigenvalue weighted by Gasteiger charge is -2.44. The van der Waals surface area contributed by atoms with Gasteiger partial charge in [-0.25, -0.2) is 0 Å². The highest BCUT2D eigenvalue weighted by Gasteiger charge is 2.49. The van der Waals surface area contributed by atoms with Gasteiger partial charge < -0.3 is 28.4 Å². The first-order valence-corrected chi connectivity index (χ1v) is 7.48. The predicted molar refractivity (Wildman–Crippen MR) is 82.0 cm³/mol. The SMILES string of the molecule is COCC1OC(OC(=N)C(Cl)(Cl)Cl)C(OC)C(OC)C1OC. The summed E-state index contributed by atoms with van der Waals surface area (Å²) in [6.45, 7) is 0.232. The quantitative estimate of drug-likeness (QED) is 0.430. The van der Waals surface area contributed by atoms with Crippen LogP contribution < -0.4 is 0 Å². The molecule has 0 amide bonds. The van der Waals surface area contributed by atoms with E-state index in [-0.39, 0.29) is 6.61 Å². The maximum Gasteiger partial charge on any atom is 0.265 e. The average molecular weight is 381 g/mol. The van der Waals surface area contributed by atoms with Gasteiger partial charge in [0, 0.05) is 28.4 Å². The molecule has 1 N–H and O–H groups in total. The Hall–Kier alpha value is 0.140. The van der Waals surface area contributed by atoms with Gasteiger partial charge in [-0.1, -0.05) is 34.8 Å². The van der Waals surface area contributed by atoms with Crippen LogP contribution >= 0.6 is 34.8 Å². The molecule has 0 aromatic carbocycles. The van der Waals surface area contributed by atoms with Crippen LogP contribution in [0.5, 0.6) is 0 Å². The van der Waals surface area contributed by atoms with Crippen molar-refractivity contribution in [2.24, 2.45) is 0 Å². The van der Waals surface area contributed by atoms with Crippen LogP contribution in [-0.4, -0.2) is 75.4 Å². The van der Waals surface area contributed by atoms with Crippen LogP contribution in [0.15, 0.2) is 0 Å². The Kier molecular flexibility index (Phi) is 8.11. The van der Waals surface area contributed by atoms with Crippen LogP contribution in [0, 0.1) is 5.41 Å². The second-order valence-electron chi connectivity index (χ2n) is 4.54. The first-order valence-electron chi connectivity index (χ1n) is 6.35. The van der Waals surface area contributed by atoms with Crippen LogP contribution in [0.3, 0.4) is 0 Å². The van der Waals surface area contributed by atoms with Gasteiger partial charge in [0.2, 0.25) is 12.2 Å². The molecule has 1 saturated heterocycles. The zero-order valence-corrected chi connectivity index (χ0v) is 14.9. The van der Waals surface area contributed by atoms with Gasteiger partial charge in [-0.2, -0.15) is 0 Å². The number of ether oxygens (including phenoxy) is 6. The topological polar surface area (TPSA) is 79.2 Å². The zero-order valence-electron chi connectivity index (χ0n) is 12.7. The third-order valence-electron chi connectivity index (χ3n) is 3.23. The average Bonchev–Trinajstić information content (AvgIpc) is 2.45. The number of hydrogen-bond donors (Lipinski definition) is 1. The highest BCUT2D eigenvalue weighted by Crippen LogP contribution is 2.32. The molecule has 0 spiro atoms. The smallest absolute Gasteiger partial charge is 0.265 e. The van der Waals surface area contributed by atoms with Crippen molar-refractivity contribution in [3.05, 3.63) is 0 Å². The predicted octanol–water partition coefficient (Wildman–Crippen LogP) is 1.77. The highest BCUT2D eigenvalue weighted by molar-refractivity contribution is 6.76. The Morgan fingerprint density at radius 3 is 1.95 bits per heavy atom. The molecule has 5 unspecified atom stereocenters. The van der Waals surface area contributed by atoms with E-state index in [1.54, 1.807) is 0 Å². The van der Waals surface area contributed by atoms with E-state index >= 15 is 0 Å². The summed E-state index contributed by atoms with van der Waals surface area (Å²) in [6.07, 6.45) is -3.16. The van der Waals surface area contributed by atoms with Gasteiger partial charge in [-0.3, -0.25) is 5.41 Å². The highest BCUT2D eigenvalue weighted by atomic mass is 35.6. The summed E-state index contributed by atoms with van der Waals surface area (Å²) in [5.41, 5.74) is 0. The molecule has 1 heterocycles. The molecule has 1 fully saturated rings. The van der Waals surface area contributed by atoms with Crippen molar-refractivity contribution in [3.63, 3.8) is 0 Å². The summed E-state index contributed by atoms with van der Waals surface area (Å²) >= 11 is 16.9. The van der Waals surface area contributed by atoms with E-state index in [1.807, 2.05) is 0 Å². The lowest BCUT2D eigenvalue weighted by Crippen LogP contribution is -2.61. The van der Waals surface area contributed by atoms with Gasteiger partial charge in [0.1, 0.15) is 24.4 Å². The van der Waals surface area contributed by atoms with E-state index in [0.717, 1.165) is 0 Å². The summed E-state index contributed by atoms with van der Waals surface area (Å²) in [5.74, 6) is -0.577. The Balaban J connectivity index is 2.96. The minimum Gasteiger partial charge on any atom is -0.445 e. The molecule has 7 nitrogen and oxygen atoms in total. The van der Waals surface area contributed by atoms with E-state index in [4.69, 9.17) is 68.6 Å². The first-order chi connectivity index (χ1) is 10.3. The molecule has 0 bridgehead atoms. The van der Waals surface area contributed by atoms with Crippen molar-refractivity contribution in [3.8, 4) is 0 Å². The van der Waals surface area contributed by atoms with E-state index < -0.39 is 40.4 Å². The minimum atomic E-state index is -2.00. The number of halogens is 3. The van der Waals surface area contributed by atoms with E-state index in [9.17, 15) is 0 Å². The van der Waals surface area contributed by atoms with Crippen molar-refractivity contribution in [2.75, 3.05) is 35.0 Å². The molecule has 0 saturated carbocycles. The fourth-order valence-electron chi connectivity index (χ4n) is 2.26. The molecular weight excluding hydrogens is 360 g/mol. The molecule has 0 aliphatic carbocycles. The number of nitrogens with one attached hydrogen (secondary N) is 1. The number of alkyl halides is 3. The van der Waals surface area contributed by atoms with Gasteiger partial charge in [-0.15, -0.1) is 0 Å². The molecular formula is C12H20Cl3NO6. The summed E-state index contributed by atoms with van der Waals surface area (Å²) in [4.78, 5) is 0. The third-order valence-corrected chi connectivity index (χ3v) is 3.75. The molecule has 1 rings (SSSR count). The van der Waals surface area contributed by atoms with Gasteiger partial charge in [0.15, 0.2) is 0 Å². The fourth-order valence-corrected chi connectivity index (χ4v) is 2.39. The van der Waals surface area contributed by atoms with Crippen molar-refractivity contribution in [1.82, 2.24) is 0 Å². The lowest BCUT2D eigenvalue weighted by atomic mass is 9.98. The molecule has 1 aliphatic heterocycles. The molecule has 22 heavy (non-hydrogen) atoms. The first kappa shape index (κ1) is 20.2. The minimum absolute atomic E-state index is 0.232. The fraction of sp³-hybridized carbons (Fsp3) is 0.917. The molecule has 0 radical (unpaired) electrons.